The molecule has 0 aromatic carbocycles. The number of halogens is 1. The molecule has 1 saturated heterocycles. The minimum atomic E-state index is 0.610. The molecule has 3 fully saturated rings. The van der Waals surface area contributed by atoms with Gasteiger partial charge in [0.1, 0.15) is 0 Å². The Bertz CT molecular complexity index is 264. The van der Waals surface area contributed by atoms with Crippen LogP contribution in [0.15, 0.2) is 0 Å². The Hall–Kier alpha value is 0.400. The molecule has 0 aromatic heterocycles. The Labute approximate surface area is 120 Å². The van der Waals surface area contributed by atoms with Crippen LogP contribution in [0.5, 0.6) is 0 Å². The molecule has 1 aliphatic heterocycles. The van der Waals surface area contributed by atoms with Gasteiger partial charge in [0.2, 0.25) is 0 Å². The normalized spacial score (nSPS) is 29.8. The predicted octanol–water partition coefficient (Wildman–Crippen LogP) is 2.97. The molecule has 0 amide bonds. The fraction of sp³-hybridized carbons (Fsp3) is 1.00. The van der Waals surface area contributed by atoms with Crippen molar-refractivity contribution in [2.45, 2.75) is 38.5 Å². The van der Waals surface area contributed by atoms with Gasteiger partial charge in [0, 0.05) is 44.6 Å². The van der Waals surface area contributed by atoms with Gasteiger partial charge in [-0.1, -0.05) is 28.8 Å². The molecule has 0 spiro atoms. The van der Waals surface area contributed by atoms with Crippen LogP contribution in [0.3, 0.4) is 0 Å². The summed E-state index contributed by atoms with van der Waals surface area (Å²) in [7, 11) is 0. The summed E-state index contributed by atoms with van der Waals surface area (Å²) in [5.41, 5.74) is 0.610. The smallest absolute Gasteiger partial charge is 0.0110 e. The Morgan fingerprint density at radius 2 is 1.56 bits per heavy atom. The lowest BCUT2D eigenvalue weighted by Crippen LogP contribution is -2.50. The highest BCUT2D eigenvalue weighted by Crippen LogP contribution is 2.40. The number of rotatable bonds is 5. The topological polar surface area (TPSA) is 6.48 Å². The highest BCUT2D eigenvalue weighted by molar-refractivity contribution is 9.09. The molecule has 3 aliphatic rings. The van der Waals surface area contributed by atoms with Gasteiger partial charge in [0.15, 0.2) is 0 Å². The zero-order valence-electron chi connectivity index (χ0n) is 11.5. The number of piperazine rings is 1. The molecule has 0 N–H and O–H groups in total. The van der Waals surface area contributed by atoms with E-state index in [1.165, 1.54) is 83.1 Å². The second-order valence-electron chi connectivity index (χ2n) is 6.86. The van der Waals surface area contributed by atoms with Gasteiger partial charge in [0.25, 0.3) is 0 Å². The molecule has 1 heterocycles. The maximum atomic E-state index is 3.78. The summed E-state index contributed by atoms with van der Waals surface area (Å²) in [5.74, 6) is 1.06. The van der Waals surface area contributed by atoms with E-state index in [1.807, 2.05) is 0 Å². The van der Waals surface area contributed by atoms with E-state index in [2.05, 4.69) is 25.7 Å². The Balaban J connectivity index is 1.44. The van der Waals surface area contributed by atoms with Crippen molar-refractivity contribution in [3.8, 4) is 0 Å². The molecule has 3 heteroatoms. The molecule has 2 saturated carbocycles. The number of hydrogen-bond acceptors (Lipinski definition) is 2. The second kappa shape index (κ2) is 5.80. The molecule has 0 unspecified atom stereocenters. The van der Waals surface area contributed by atoms with Crippen molar-refractivity contribution in [2.75, 3.05) is 44.6 Å². The van der Waals surface area contributed by atoms with Crippen molar-refractivity contribution < 1.29 is 0 Å². The largest absolute Gasteiger partial charge is 0.301 e. The van der Waals surface area contributed by atoms with Gasteiger partial charge in [-0.05, 0) is 37.0 Å². The van der Waals surface area contributed by atoms with Crippen LogP contribution in [0.1, 0.15) is 38.5 Å². The van der Waals surface area contributed by atoms with E-state index in [0.717, 1.165) is 5.92 Å². The van der Waals surface area contributed by atoms with Crippen LogP contribution >= 0.6 is 15.9 Å². The Morgan fingerprint density at radius 3 is 2.11 bits per heavy atom. The van der Waals surface area contributed by atoms with Crippen LogP contribution in [-0.4, -0.2) is 54.4 Å². The molecule has 2 aliphatic carbocycles. The van der Waals surface area contributed by atoms with Crippen LogP contribution < -0.4 is 0 Å². The lowest BCUT2D eigenvalue weighted by Gasteiger charge is -2.39. The third-order valence-corrected chi connectivity index (χ3v) is 6.37. The lowest BCUT2D eigenvalue weighted by molar-refractivity contribution is 0.0924. The molecule has 0 bridgehead atoms. The summed E-state index contributed by atoms with van der Waals surface area (Å²) in [4.78, 5) is 5.43. The van der Waals surface area contributed by atoms with Gasteiger partial charge < -0.3 is 9.80 Å². The van der Waals surface area contributed by atoms with Crippen LogP contribution in [0.2, 0.25) is 0 Å². The first-order valence-electron chi connectivity index (χ1n) is 7.80. The van der Waals surface area contributed by atoms with E-state index in [-0.39, 0.29) is 0 Å². The van der Waals surface area contributed by atoms with Crippen LogP contribution in [-0.2, 0) is 0 Å². The molecule has 18 heavy (non-hydrogen) atoms. The first-order valence-corrected chi connectivity index (χ1v) is 8.93. The van der Waals surface area contributed by atoms with Gasteiger partial charge in [-0.25, -0.2) is 0 Å². The summed E-state index contributed by atoms with van der Waals surface area (Å²) >= 11 is 3.78. The second-order valence-corrected chi connectivity index (χ2v) is 7.42. The molecule has 0 aromatic rings. The van der Waals surface area contributed by atoms with E-state index < -0.39 is 0 Å². The summed E-state index contributed by atoms with van der Waals surface area (Å²) in [6.45, 7) is 7.97. The van der Waals surface area contributed by atoms with E-state index in [4.69, 9.17) is 0 Å². The third kappa shape index (κ3) is 3.29. The number of hydrogen-bond donors (Lipinski definition) is 0. The third-order valence-electron chi connectivity index (χ3n) is 5.18. The van der Waals surface area contributed by atoms with Gasteiger partial charge in [0.05, 0.1) is 0 Å². The Morgan fingerprint density at radius 1 is 0.944 bits per heavy atom. The molecule has 3 rings (SSSR count). The van der Waals surface area contributed by atoms with Crippen molar-refractivity contribution in [2.24, 2.45) is 11.3 Å². The van der Waals surface area contributed by atoms with Gasteiger partial charge in [-0.15, -0.1) is 0 Å². The lowest BCUT2D eigenvalue weighted by atomic mass is 9.88. The highest BCUT2D eigenvalue weighted by Gasteiger charge is 2.35. The molecule has 0 atom stereocenters. The van der Waals surface area contributed by atoms with E-state index in [9.17, 15) is 0 Å². The number of alkyl halides is 1. The first kappa shape index (κ1) is 13.4. The van der Waals surface area contributed by atoms with Crippen molar-refractivity contribution >= 4 is 15.9 Å². The molecule has 2 nitrogen and oxygen atoms in total. The molecule has 104 valence electrons. The summed E-state index contributed by atoms with van der Waals surface area (Å²) in [6, 6.07) is 0. The van der Waals surface area contributed by atoms with E-state index in [1.54, 1.807) is 0 Å². The number of nitrogens with zero attached hydrogens (tertiary/aromatic N) is 2. The molecular formula is C15H27BrN2. The summed E-state index contributed by atoms with van der Waals surface area (Å²) in [5, 5.41) is 1.21. The first-order chi connectivity index (χ1) is 8.80. The fourth-order valence-corrected chi connectivity index (χ4v) is 4.47. The minimum absolute atomic E-state index is 0.610. The zero-order valence-corrected chi connectivity index (χ0v) is 13.1. The van der Waals surface area contributed by atoms with Crippen molar-refractivity contribution in [3.05, 3.63) is 0 Å². The monoisotopic (exact) mass is 314 g/mol. The zero-order chi connectivity index (χ0) is 12.4. The maximum absolute atomic E-state index is 3.78. The van der Waals surface area contributed by atoms with E-state index in [0.29, 0.717) is 5.41 Å². The average molecular weight is 315 g/mol. The van der Waals surface area contributed by atoms with Gasteiger partial charge in [-0.2, -0.15) is 0 Å². The van der Waals surface area contributed by atoms with Gasteiger partial charge >= 0.3 is 0 Å². The van der Waals surface area contributed by atoms with Crippen molar-refractivity contribution in [3.63, 3.8) is 0 Å². The predicted molar refractivity (Wildman–Crippen MR) is 80.3 cm³/mol. The van der Waals surface area contributed by atoms with Crippen molar-refractivity contribution in [1.82, 2.24) is 9.80 Å². The van der Waals surface area contributed by atoms with Crippen molar-refractivity contribution in [1.29, 1.82) is 0 Å². The molecule has 0 radical (unpaired) electrons. The summed E-state index contributed by atoms with van der Waals surface area (Å²) in [6.07, 6.45) is 8.78. The summed E-state index contributed by atoms with van der Waals surface area (Å²) < 4.78 is 0. The Kier molecular flexibility index (Phi) is 4.32. The van der Waals surface area contributed by atoms with Gasteiger partial charge in [-0.3, -0.25) is 0 Å². The quantitative estimate of drug-likeness (QED) is 0.720. The SMILES string of the molecule is BrCC1(CN2CCN(CC3CC3)CC2)CCCC1. The fourth-order valence-electron chi connectivity index (χ4n) is 3.73. The minimum Gasteiger partial charge on any atom is -0.301 e. The highest BCUT2D eigenvalue weighted by atomic mass is 79.9. The van der Waals surface area contributed by atoms with E-state index >= 15 is 0 Å². The van der Waals surface area contributed by atoms with Crippen LogP contribution in [0, 0.1) is 11.3 Å². The standard InChI is InChI=1S/C15H27BrN2/c16-12-15(5-1-2-6-15)13-18-9-7-17(8-10-18)11-14-3-4-14/h14H,1-13H2. The van der Waals surface area contributed by atoms with Crippen LogP contribution in [0.25, 0.3) is 0 Å². The average Bonchev–Trinajstić information content (AvgIpc) is 3.09. The molecular weight excluding hydrogens is 288 g/mol. The maximum Gasteiger partial charge on any atom is 0.0110 e. The van der Waals surface area contributed by atoms with Crippen LogP contribution in [0.4, 0.5) is 0 Å².